The van der Waals surface area contributed by atoms with E-state index in [1.165, 1.54) is 9.80 Å². The van der Waals surface area contributed by atoms with Gasteiger partial charge in [0.15, 0.2) is 0 Å². The number of ether oxygens (including phenoxy) is 2. The van der Waals surface area contributed by atoms with Crippen LogP contribution in [0.15, 0.2) is 0 Å². The van der Waals surface area contributed by atoms with Crippen molar-refractivity contribution in [3.8, 4) is 0 Å². The molecule has 0 bridgehead atoms. The first-order chi connectivity index (χ1) is 11.6. The highest BCUT2D eigenvalue weighted by Crippen LogP contribution is 2.21. The zero-order valence-corrected chi connectivity index (χ0v) is 17.4. The zero-order chi connectivity index (χ0) is 20.3. The molecule has 1 unspecified atom stereocenters. The number of carbonyl (C=O) groups is 2. The smallest absolute Gasteiger partial charge is 0.412 e. The zero-order valence-electron chi connectivity index (χ0n) is 16.6. The van der Waals surface area contributed by atoms with Crippen LogP contribution in [-0.2, 0) is 23.8 Å². The number of hydrogen-bond donors (Lipinski definition) is 0. The van der Waals surface area contributed by atoms with Crippen molar-refractivity contribution in [1.29, 1.82) is 0 Å². The fourth-order valence-corrected chi connectivity index (χ4v) is 2.57. The van der Waals surface area contributed by atoms with Gasteiger partial charge in [0.05, 0.1) is 12.3 Å². The molecular weight excluding hydrogens is 364 g/mol. The van der Waals surface area contributed by atoms with E-state index in [0.717, 1.165) is 6.26 Å². The SMILES string of the molecule is CC(C)(C)OC(=O)N1CCC(N(COS(C)(=O)=O)C(=O)OC(C)(C)C)C1. The maximum Gasteiger partial charge on any atom is 0.412 e. The monoisotopic (exact) mass is 394 g/mol. The van der Waals surface area contributed by atoms with E-state index in [0.29, 0.717) is 13.0 Å². The van der Waals surface area contributed by atoms with Crippen molar-refractivity contribution in [3.63, 3.8) is 0 Å². The van der Waals surface area contributed by atoms with Gasteiger partial charge in [-0.1, -0.05) is 0 Å². The lowest BCUT2D eigenvalue weighted by Crippen LogP contribution is -2.46. The molecular formula is C16H30N2O7S. The third-order valence-corrected chi connectivity index (χ3v) is 3.82. The van der Waals surface area contributed by atoms with Gasteiger partial charge in [-0.15, -0.1) is 0 Å². The molecule has 1 aliphatic rings. The van der Waals surface area contributed by atoms with Crippen LogP contribution in [0.4, 0.5) is 9.59 Å². The Morgan fingerprint density at radius 2 is 1.62 bits per heavy atom. The normalized spacial score (nSPS) is 18.6. The molecule has 0 saturated carbocycles. The minimum atomic E-state index is -3.73. The molecule has 0 aromatic heterocycles. The maximum atomic E-state index is 12.5. The molecule has 1 rings (SSSR count). The van der Waals surface area contributed by atoms with E-state index in [2.05, 4.69) is 0 Å². The van der Waals surface area contributed by atoms with Crippen molar-refractivity contribution in [2.24, 2.45) is 0 Å². The highest BCUT2D eigenvalue weighted by atomic mass is 32.2. The first kappa shape index (κ1) is 22.5. The number of rotatable bonds is 4. The molecule has 2 amide bonds. The largest absolute Gasteiger partial charge is 0.444 e. The predicted molar refractivity (Wildman–Crippen MR) is 95.1 cm³/mol. The summed E-state index contributed by atoms with van der Waals surface area (Å²) in [5.74, 6) is 0. The lowest BCUT2D eigenvalue weighted by Gasteiger charge is -2.31. The number of carbonyl (C=O) groups excluding carboxylic acids is 2. The highest BCUT2D eigenvalue weighted by molar-refractivity contribution is 7.85. The molecule has 0 spiro atoms. The van der Waals surface area contributed by atoms with Crippen LogP contribution in [0.5, 0.6) is 0 Å². The summed E-state index contributed by atoms with van der Waals surface area (Å²) >= 11 is 0. The van der Waals surface area contributed by atoms with Gasteiger partial charge in [-0.05, 0) is 48.0 Å². The molecule has 0 aromatic rings. The molecule has 152 valence electrons. The third kappa shape index (κ3) is 8.22. The van der Waals surface area contributed by atoms with Gasteiger partial charge in [-0.25, -0.2) is 13.8 Å². The Balaban J connectivity index is 2.84. The number of amides is 2. The average molecular weight is 394 g/mol. The quantitative estimate of drug-likeness (QED) is 0.532. The van der Waals surface area contributed by atoms with Gasteiger partial charge < -0.3 is 14.4 Å². The first-order valence-electron chi connectivity index (χ1n) is 8.39. The predicted octanol–water partition coefficient (Wildman–Crippen LogP) is 2.17. The second-order valence-electron chi connectivity index (χ2n) is 8.27. The molecule has 9 nitrogen and oxygen atoms in total. The molecule has 0 aromatic carbocycles. The van der Waals surface area contributed by atoms with Crippen LogP contribution in [0.1, 0.15) is 48.0 Å². The fourth-order valence-electron chi connectivity index (χ4n) is 2.27. The fraction of sp³-hybridized carbons (Fsp3) is 0.875. The summed E-state index contributed by atoms with van der Waals surface area (Å²) in [5, 5.41) is 0. The summed E-state index contributed by atoms with van der Waals surface area (Å²) in [7, 11) is -3.73. The summed E-state index contributed by atoms with van der Waals surface area (Å²) in [6.45, 7) is 10.6. The van der Waals surface area contributed by atoms with Crippen molar-refractivity contribution in [2.75, 3.05) is 26.1 Å². The van der Waals surface area contributed by atoms with Crippen molar-refractivity contribution >= 4 is 22.3 Å². The lowest BCUT2D eigenvalue weighted by atomic mass is 10.2. The Morgan fingerprint density at radius 1 is 1.08 bits per heavy atom. The van der Waals surface area contributed by atoms with E-state index in [4.69, 9.17) is 13.7 Å². The van der Waals surface area contributed by atoms with E-state index in [9.17, 15) is 18.0 Å². The van der Waals surface area contributed by atoms with Gasteiger partial charge >= 0.3 is 12.2 Å². The third-order valence-electron chi connectivity index (χ3n) is 3.29. The molecule has 1 heterocycles. The van der Waals surface area contributed by atoms with Gasteiger partial charge in [-0.2, -0.15) is 8.42 Å². The van der Waals surface area contributed by atoms with Crippen molar-refractivity contribution in [2.45, 2.75) is 65.2 Å². The Hall–Kier alpha value is -1.55. The molecule has 1 atom stereocenters. The molecule has 0 aliphatic carbocycles. The highest BCUT2D eigenvalue weighted by Gasteiger charge is 2.37. The Bertz CT molecular complexity index is 619. The van der Waals surface area contributed by atoms with Crippen LogP contribution in [0.3, 0.4) is 0 Å². The molecule has 0 N–H and O–H groups in total. The van der Waals surface area contributed by atoms with Gasteiger partial charge in [0.1, 0.15) is 17.9 Å². The standard InChI is InChI=1S/C16H30N2O7S/c1-15(2,3)24-13(19)17-9-8-12(10-17)18(11-23-26(7,21)22)14(20)25-16(4,5)6/h12H,8-11H2,1-7H3. The maximum absolute atomic E-state index is 12.5. The summed E-state index contributed by atoms with van der Waals surface area (Å²) in [4.78, 5) is 27.3. The Labute approximate surface area is 155 Å². The van der Waals surface area contributed by atoms with Crippen LogP contribution in [0, 0.1) is 0 Å². The molecule has 26 heavy (non-hydrogen) atoms. The number of nitrogens with zero attached hydrogens (tertiary/aromatic N) is 2. The molecule has 0 radical (unpaired) electrons. The topological polar surface area (TPSA) is 102 Å². The van der Waals surface area contributed by atoms with Gasteiger partial charge in [0.25, 0.3) is 10.1 Å². The lowest BCUT2D eigenvalue weighted by molar-refractivity contribution is -0.00216. The summed E-state index contributed by atoms with van der Waals surface area (Å²) in [6.07, 6.45) is 0.193. The van der Waals surface area contributed by atoms with Crippen LogP contribution in [0.2, 0.25) is 0 Å². The second-order valence-corrected chi connectivity index (χ2v) is 9.91. The minimum absolute atomic E-state index is 0.210. The van der Waals surface area contributed by atoms with Crippen molar-refractivity contribution in [1.82, 2.24) is 9.80 Å². The van der Waals surface area contributed by atoms with Crippen LogP contribution in [0.25, 0.3) is 0 Å². The van der Waals surface area contributed by atoms with E-state index in [1.54, 1.807) is 41.5 Å². The number of likely N-dealkylation sites (tertiary alicyclic amines) is 1. The average Bonchev–Trinajstić information content (AvgIpc) is 2.82. The van der Waals surface area contributed by atoms with Crippen molar-refractivity contribution < 1.29 is 31.7 Å². The molecule has 1 saturated heterocycles. The summed E-state index contributed by atoms with van der Waals surface area (Å²) in [6, 6.07) is -0.431. The van der Waals surface area contributed by atoms with Gasteiger partial charge in [0.2, 0.25) is 0 Å². The van der Waals surface area contributed by atoms with Gasteiger partial charge in [0, 0.05) is 13.1 Å². The summed E-state index contributed by atoms with van der Waals surface area (Å²) < 4.78 is 38.0. The second kappa shape index (κ2) is 7.99. The van der Waals surface area contributed by atoms with Crippen LogP contribution >= 0.6 is 0 Å². The Morgan fingerprint density at radius 3 is 2.08 bits per heavy atom. The van der Waals surface area contributed by atoms with Crippen LogP contribution < -0.4 is 0 Å². The summed E-state index contributed by atoms with van der Waals surface area (Å²) in [5.41, 5.74) is -1.37. The number of hydrogen-bond acceptors (Lipinski definition) is 7. The molecule has 1 aliphatic heterocycles. The van der Waals surface area contributed by atoms with Gasteiger partial charge in [-0.3, -0.25) is 4.90 Å². The van der Waals surface area contributed by atoms with E-state index < -0.39 is 46.3 Å². The minimum Gasteiger partial charge on any atom is -0.444 e. The molecule has 10 heteroatoms. The first-order valence-corrected chi connectivity index (χ1v) is 10.2. The van der Waals surface area contributed by atoms with Crippen LogP contribution in [-0.4, -0.2) is 73.7 Å². The van der Waals surface area contributed by atoms with E-state index in [-0.39, 0.29) is 6.54 Å². The Kier molecular flexibility index (Phi) is 6.92. The van der Waals surface area contributed by atoms with E-state index in [1.807, 2.05) is 0 Å². The van der Waals surface area contributed by atoms with E-state index >= 15 is 0 Å². The molecule has 1 fully saturated rings. The van der Waals surface area contributed by atoms with Crippen molar-refractivity contribution in [3.05, 3.63) is 0 Å².